The van der Waals surface area contributed by atoms with Crippen LogP contribution in [0.25, 0.3) is 0 Å². The van der Waals surface area contributed by atoms with Crippen LogP contribution < -0.4 is 5.32 Å². The molecule has 3 nitrogen and oxygen atoms in total. The van der Waals surface area contributed by atoms with Crippen molar-refractivity contribution in [3.05, 3.63) is 53.6 Å². The molecule has 20 heavy (non-hydrogen) atoms. The van der Waals surface area contributed by atoms with Crippen LogP contribution in [-0.2, 0) is 0 Å². The first-order valence-electron chi connectivity index (χ1n) is 6.86. The fourth-order valence-corrected chi connectivity index (χ4v) is 2.34. The molecular formula is C17H21NO2. The summed E-state index contributed by atoms with van der Waals surface area (Å²) in [6, 6.07) is 12.8. The Labute approximate surface area is 119 Å². The maximum absolute atomic E-state index is 9.92. The Morgan fingerprint density at radius 1 is 0.900 bits per heavy atom. The second kappa shape index (κ2) is 5.87. The molecule has 106 valence electrons. The second-order valence-electron chi connectivity index (χ2n) is 5.35. The molecule has 0 radical (unpaired) electrons. The molecule has 1 unspecified atom stereocenters. The van der Waals surface area contributed by atoms with E-state index in [1.165, 1.54) is 11.6 Å². The Bertz CT molecular complexity index is 593. The number of nitrogens with one attached hydrogen (secondary N) is 1. The van der Waals surface area contributed by atoms with Gasteiger partial charge in [0.2, 0.25) is 0 Å². The maximum Gasteiger partial charge on any atom is 0.124 e. The third kappa shape index (κ3) is 3.05. The molecule has 3 N–H and O–H groups in total. The fraction of sp³-hybridized carbons (Fsp3) is 0.294. The van der Waals surface area contributed by atoms with Gasteiger partial charge in [-0.2, -0.15) is 0 Å². The Kier molecular flexibility index (Phi) is 4.18. The number of rotatable bonds is 4. The van der Waals surface area contributed by atoms with Gasteiger partial charge < -0.3 is 15.5 Å². The summed E-state index contributed by atoms with van der Waals surface area (Å²) in [5.74, 6) is 0.604. The highest BCUT2D eigenvalue weighted by Gasteiger charge is 2.13. The summed E-state index contributed by atoms with van der Waals surface area (Å²) < 4.78 is 0. The summed E-state index contributed by atoms with van der Waals surface area (Å²) in [7, 11) is 0. The first-order chi connectivity index (χ1) is 9.49. The van der Waals surface area contributed by atoms with E-state index >= 15 is 0 Å². The SMILES string of the molecule is CC(C)c1ccccc1NC(C)c1ccc(O)cc1O. The quantitative estimate of drug-likeness (QED) is 0.772. The number of para-hydroxylation sites is 1. The molecule has 0 spiro atoms. The first kappa shape index (κ1) is 14.3. The zero-order chi connectivity index (χ0) is 14.7. The normalized spacial score (nSPS) is 12.4. The molecule has 0 saturated carbocycles. The van der Waals surface area contributed by atoms with E-state index in [9.17, 15) is 10.2 Å². The Morgan fingerprint density at radius 2 is 1.60 bits per heavy atom. The average Bonchev–Trinajstić information content (AvgIpc) is 2.38. The highest BCUT2D eigenvalue weighted by Crippen LogP contribution is 2.32. The van der Waals surface area contributed by atoms with Crippen molar-refractivity contribution >= 4 is 5.69 Å². The van der Waals surface area contributed by atoms with Crippen LogP contribution in [0.15, 0.2) is 42.5 Å². The molecule has 2 rings (SSSR count). The molecule has 0 fully saturated rings. The number of phenolic OH excluding ortho intramolecular Hbond substituents is 2. The van der Waals surface area contributed by atoms with E-state index < -0.39 is 0 Å². The highest BCUT2D eigenvalue weighted by molar-refractivity contribution is 5.55. The van der Waals surface area contributed by atoms with Gasteiger partial charge in [-0.1, -0.05) is 32.0 Å². The van der Waals surface area contributed by atoms with Gasteiger partial charge in [0.1, 0.15) is 11.5 Å². The topological polar surface area (TPSA) is 52.5 Å². The van der Waals surface area contributed by atoms with Crippen LogP contribution in [0.5, 0.6) is 11.5 Å². The van der Waals surface area contributed by atoms with E-state index in [1.54, 1.807) is 12.1 Å². The molecule has 0 aliphatic rings. The molecule has 0 bridgehead atoms. The van der Waals surface area contributed by atoms with Gasteiger partial charge in [0.25, 0.3) is 0 Å². The number of anilines is 1. The summed E-state index contributed by atoms with van der Waals surface area (Å²) >= 11 is 0. The Morgan fingerprint density at radius 3 is 2.25 bits per heavy atom. The maximum atomic E-state index is 9.92. The Hall–Kier alpha value is -2.16. The van der Waals surface area contributed by atoms with Crippen molar-refractivity contribution < 1.29 is 10.2 Å². The van der Waals surface area contributed by atoms with E-state index in [0.29, 0.717) is 5.92 Å². The van der Waals surface area contributed by atoms with Crippen molar-refractivity contribution in [1.29, 1.82) is 0 Å². The fourth-order valence-electron chi connectivity index (χ4n) is 2.34. The molecule has 0 aliphatic heterocycles. The highest BCUT2D eigenvalue weighted by atomic mass is 16.3. The van der Waals surface area contributed by atoms with Crippen LogP contribution in [0.1, 0.15) is 43.9 Å². The van der Waals surface area contributed by atoms with E-state index in [0.717, 1.165) is 11.3 Å². The molecule has 0 aromatic heterocycles. The lowest BCUT2D eigenvalue weighted by Gasteiger charge is -2.20. The van der Waals surface area contributed by atoms with Crippen LogP contribution in [0.4, 0.5) is 5.69 Å². The van der Waals surface area contributed by atoms with Crippen molar-refractivity contribution in [2.75, 3.05) is 5.32 Å². The van der Waals surface area contributed by atoms with Gasteiger partial charge in [0.05, 0.1) is 6.04 Å². The van der Waals surface area contributed by atoms with Crippen molar-refractivity contribution in [3.8, 4) is 11.5 Å². The van der Waals surface area contributed by atoms with Crippen LogP contribution >= 0.6 is 0 Å². The van der Waals surface area contributed by atoms with Gasteiger partial charge in [-0.15, -0.1) is 0 Å². The van der Waals surface area contributed by atoms with Crippen LogP contribution in [0.2, 0.25) is 0 Å². The lowest BCUT2D eigenvalue weighted by atomic mass is 10.00. The molecule has 1 atom stereocenters. The Balaban J connectivity index is 2.26. The second-order valence-corrected chi connectivity index (χ2v) is 5.35. The van der Waals surface area contributed by atoms with E-state index in [2.05, 4.69) is 25.2 Å². The molecule has 2 aromatic carbocycles. The van der Waals surface area contributed by atoms with Gasteiger partial charge in [-0.3, -0.25) is 0 Å². The largest absolute Gasteiger partial charge is 0.508 e. The molecule has 0 heterocycles. The van der Waals surface area contributed by atoms with Crippen molar-refractivity contribution in [1.82, 2.24) is 0 Å². The minimum absolute atomic E-state index is 0.0458. The van der Waals surface area contributed by atoms with Crippen molar-refractivity contribution in [2.45, 2.75) is 32.7 Å². The van der Waals surface area contributed by atoms with Crippen molar-refractivity contribution in [3.63, 3.8) is 0 Å². The zero-order valence-corrected chi connectivity index (χ0v) is 12.1. The van der Waals surface area contributed by atoms with E-state index in [1.807, 2.05) is 25.1 Å². The third-order valence-corrected chi connectivity index (χ3v) is 3.44. The zero-order valence-electron chi connectivity index (χ0n) is 12.1. The number of phenols is 2. The number of hydrogen-bond donors (Lipinski definition) is 3. The van der Waals surface area contributed by atoms with Crippen molar-refractivity contribution in [2.24, 2.45) is 0 Å². The van der Waals surface area contributed by atoms with Gasteiger partial charge in [0, 0.05) is 17.3 Å². The molecular weight excluding hydrogens is 250 g/mol. The number of aromatic hydroxyl groups is 2. The predicted octanol–water partition coefficient (Wildman–Crippen LogP) is 4.39. The van der Waals surface area contributed by atoms with Gasteiger partial charge >= 0.3 is 0 Å². The predicted molar refractivity (Wildman–Crippen MR) is 82.3 cm³/mol. The lowest BCUT2D eigenvalue weighted by Crippen LogP contribution is -2.09. The third-order valence-electron chi connectivity index (χ3n) is 3.44. The van der Waals surface area contributed by atoms with Crippen LogP contribution in [-0.4, -0.2) is 10.2 Å². The summed E-state index contributed by atoms with van der Waals surface area (Å²) in [5, 5.41) is 22.7. The van der Waals surface area contributed by atoms with Crippen LogP contribution in [0.3, 0.4) is 0 Å². The first-order valence-corrected chi connectivity index (χ1v) is 6.86. The molecule has 0 amide bonds. The smallest absolute Gasteiger partial charge is 0.124 e. The molecule has 0 aliphatic carbocycles. The minimum atomic E-state index is -0.0458. The summed E-state index contributed by atoms with van der Waals surface area (Å²) in [6.07, 6.45) is 0. The summed E-state index contributed by atoms with van der Waals surface area (Å²) in [5.41, 5.74) is 3.08. The monoisotopic (exact) mass is 271 g/mol. The summed E-state index contributed by atoms with van der Waals surface area (Å²) in [6.45, 7) is 6.30. The number of hydrogen-bond acceptors (Lipinski definition) is 3. The van der Waals surface area contributed by atoms with Gasteiger partial charge in [0.15, 0.2) is 0 Å². The summed E-state index contributed by atoms with van der Waals surface area (Å²) in [4.78, 5) is 0. The number of benzene rings is 2. The minimum Gasteiger partial charge on any atom is -0.508 e. The van der Waals surface area contributed by atoms with E-state index in [-0.39, 0.29) is 17.5 Å². The van der Waals surface area contributed by atoms with Gasteiger partial charge in [-0.25, -0.2) is 0 Å². The van der Waals surface area contributed by atoms with Gasteiger partial charge in [-0.05, 0) is 36.6 Å². The standard InChI is InChI=1S/C17H21NO2/c1-11(2)14-6-4-5-7-16(14)18-12(3)15-9-8-13(19)10-17(15)20/h4-12,18-20H,1-3H3. The molecule has 2 aromatic rings. The molecule has 0 saturated heterocycles. The lowest BCUT2D eigenvalue weighted by molar-refractivity contribution is 0.444. The van der Waals surface area contributed by atoms with Crippen LogP contribution in [0, 0.1) is 0 Å². The average molecular weight is 271 g/mol. The molecule has 3 heteroatoms. The van der Waals surface area contributed by atoms with E-state index in [4.69, 9.17) is 0 Å².